The molecule has 0 amide bonds. The Kier molecular flexibility index (Phi) is 2.90. The first-order valence-electron chi connectivity index (χ1n) is 6.55. The molecule has 3 rings (SSSR count). The van der Waals surface area contributed by atoms with E-state index in [1.165, 1.54) is 19.3 Å². The Labute approximate surface area is 118 Å². The van der Waals surface area contributed by atoms with Gasteiger partial charge in [-0.25, -0.2) is 0 Å². The van der Waals surface area contributed by atoms with Crippen LogP contribution in [-0.2, 0) is 0 Å². The number of nitrogens with one attached hydrogen (secondary N) is 1. The number of nitrogens with zero attached hydrogens (tertiary/aromatic N) is 1. The smallest absolute Gasteiger partial charge is 0.107 e. The molecule has 3 N–H and O–H groups in total. The average Bonchev–Trinajstić information content (AvgIpc) is 2.37. The van der Waals surface area contributed by atoms with Crippen molar-refractivity contribution in [3.05, 3.63) is 36.0 Å². The zero-order valence-electron chi connectivity index (χ0n) is 10.9. The lowest BCUT2D eigenvalue weighted by atomic mass is 9.78. The van der Waals surface area contributed by atoms with E-state index in [0.717, 1.165) is 22.2 Å². The van der Waals surface area contributed by atoms with Crippen LogP contribution in [0, 0.1) is 0 Å². The van der Waals surface area contributed by atoms with Gasteiger partial charge in [0.05, 0.1) is 16.8 Å². The highest BCUT2D eigenvalue weighted by molar-refractivity contribution is 7.80. The number of anilines is 1. The van der Waals surface area contributed by atoms with E-state index in [4.69, 9.17) is 18.0 Å². The van der Waals surface area contributed by atoms with Crippen molar-refractivity contribution in [1.29, 1.82) is 0 Å². The third-order valence-corrected chi connectivity index (χ3v) is 4.14. The summed E-state index contributed by atoms with van der Waals surface area (Å²) in [6, 6.07) is 8.08. The number of hydrogen-bond donors (Lipinski definition) is 2. The first kappa shape index (κ1) is 12.4. The maximum Gasteiger partial charge on any atom is 0.107 e. The Morgan fingerprint density at radius 3 is 2.74 bits per heavy atom. The van der Waals surface area contributed by atoms with Gasteiger partial charge in [-0.3, -0.25) is 4.98 Å². The molecular formula is C15H17N3S. The second kappa shape index (κ2) is 4.46. The number of aromatic nitrogens is 1. The fraction of sp³-hybridized carbons (Fsp3) is 0.333. The van der Waals surface area contributed by atoms with E-state index in [0.29, 0.717) is 4.99 Å². The summed E-state index contributed by atoms with van der Waals surface area (Å²) in [5.74, 6) is 0. The van der Waals surface area contributed by atoms with E-state index in [2.05, 4.69) is 23.3 Å². The molecule has 0 spiro atoms. The molecule has 1 aromatic heterocycles. The van der Waals surface area contributed by atoms with Gasteiger partial charge in [0.1, 0.15) is 4.99 Å². The number of nitrogens with two attached hydrogens (primary N) is 1. The molecule has 98 valence electrons. The SMILES string of the molecule is CC1(Nc2c(C(N)=S)cnc3ccccc23)CCC1. The lowest BCUT2D eigenvalue weighted by Gasteiger charge is -2.40. The van der Waals surface area contributed by atoms with Gasteiger partial charge < -0.3 is 11.1 Å². The number of benzene rings is 1. The lowest BCUT2D eigenvalue weighted by molar-refractivity contribution is 0.307. The number of thiocarbonyl (C=S) groups is 1. The van der Waals surface area contributed by atoms with Crippen molar-refractivity contribution in [2.24, 2.45) is 5.73 Å². The molecule has 4 heteroatoms. The van der Waals surface area contributed by atoms with Gasteiger partial charge in [-0.1, -0.05) is 30.4 Å². The molecule has 0 bridgehead atoms. The quantitative estimate of drug-likeness (QED) is 0.842. The van der Waals surface area contributed by atoms with Crippen LogP contribution in [0.4, 0.5) is 5.69 Å². The highest BCUT2D eigenvalue weighted by Crippen LogP contribution is 2.37. The zero-order chi connectivity index (χ0) is 13.5. The van der Waals surface area contributed by atoms with Gasteiger partial charge >= 0.3 is 0 Å². The molecule has 1 saturated carbocycles. The maximum atomic E-state index is 5.84. The second-order valence-corrected chi connectivity index (χ2v) is 5.91. The summed E-state index contributed by atoms with van der Waals surface area (Å²) in [6.07, 6.45) is 5.41. The minimum absolute atomic E-state index is 0.156. The third-order valence-electron chi connectivity index (χ3n) is 3.92. The van der Waals surface area contributed by atoms with Gasteiger partial charge in [0.15, 0.2) is 0 Å². The first-order chi connectivity index (χ1) is 9.09. The maximum absolute atomic E-state index is 5.84. The van der Waals surface area contributed by atoms with Crippen molar-refractivity contribution >= 4 is 33.8 Å². The standard InChI is InChI=1S/C15H17N3S/c1-15(7-4-8-15)18-13-10-5-2-3-6-12(10)17-9-11(13)14(16)19/h2-3,5-6,9H,4,7-8H2,1H3,(H2,16,19)(H,17,18). The molecule has 0 radical (unpaired) electrons. The summed E-state index contributed by atoms with van der Waals surface area (Å²) in [5.41, 5.74) is 8.82. The average molecular weight is 271 g/mol. The van der Waals surface area contributed by atoms with Crippen LogP contribution in [0.25, 0.3) is 10.9 Å². The number of rotatable bonds is 3. The minimum atomic E-state index is 0.156. The molecular weight excluding hydrogens is 254 g/mol. The molecule has 1 heterocycles. The number of para-hydroxylation sites is 1. The Morgan fingerprint density at radius 1 is 1.37 bits per heavy atom. The van der Waals surface area contributed by atoms with Crippen LogP contribution >= 0.6 is 12.2 Å². The van der Waals surface area contributed by atoms with Crippen LogP contribution in [0.3, 0.4) is 0 Å². The Balaban J connectivity index is 2.16. The highest BCUT2D eigenvalue weighted by atomic mass is 32.1. The van der Waals surface area contributed by atoms with Gasteiger partial charge in [-0.05, 0) is 32.3 Å². The summed E-state index contributed by atoms with van der Waals surface area (Å²) in [4.78, 5) is 4.82. The van der Waals surface area contributed by atoms with Crippen molar-refractivity contribution in [2.45, 2.75) is 31.7 Å². The fourth-order valence-electron chi connectivity index (χ4n) is 2.60. The van der Waals surface area contributed by atoms with E-state index < -0.39 is 0 Å². The van der Waals surface area contributed by atoms with Gasteiger partial charge in [0, 0.05) is 17.1 Å². The molecule has 0 unspecified atom stereocenters. The molecule has 1 aromatic carbocycles. The monoisotopic (exact) mass is 271 g/mol. The summed E-state index contributed by atoms with van der Waals surface area (Å²) >= 11 is 5.15. The summed E-state index contributed by atoms with van der Waals surface area (Å²) in [6.45, 7) is 2.25. The molecule has 0 aliphatic heterocycles. The van der Waals surface area contributed by atoms with Crippen molar-refractivity contribution < 1.29 is 0 Å². The Bertz CT molecular complexity index is 647. The zero-order valence-corrected chi connectivity index (χ0v) is 11.8. The van der Waals surface area contributed by atoms with E-state index in [9.17, 15) is 0 Å². The van der Waals surface area contributed by atoms with Crippen LogP contribution in [0.2, 0.25) is 0 Å². The molecule has 1 aliphatic carbocycles. The Morgan fingerprint density at radius 2 is 2.11 bits per heavy atom. The summed E-state index contributed by atoms with van der Waals surface area (Å²) < 4.78 is 0. The number of pyridine rings is 1. The van der Waals surface area contributed by atoms with E-state index >= 15 is 0 Å². The van der Waals surface area contributed by atoms with Crippen LogP contribution in [-0.4, -0.2) is 15.5 Å². The molecule has 0 atom stereocenters. The molecule has 19 heavy (non-hydrogen) atoms. The molecule has 2 aromatic rings. The van der Waals surface area contributed by atoms with Gasteiger partial charge in [0.25, 0.3) is 0 Å². The largest absolute Gasteiger partial charge is 0.389 e. The van der Waals surface area contributed by atoms with E-state index in [1.54, 1.807) is 6.20 Å². The molecule has 0 saturated heterocycles. The fourth-order valence-corrected chi connectivity index (χ4v) is 2.75. The normalized spacial score (nSPS) is 16.9. The van der Waals surface area contributed by atoms with E-state index in [1.807, 2.05) is 18.2 Å². The van der Waals surface area contributed by atoms with Gasteiger partial charge in [0.2, 0.25) is 0 Å². The molecule has 3 nitrogen and oxygen atoms in total. The van der Waals surface area contributed by atoms with Crippen LogP contribution in [0.15, 0.2) is 30.5 Å². The number of hydrogen-bond acceptors (Lipinski definition) is 3. The van der Waals surface area contributed by atoms with Crippen LogP contribution in [0.1, 0.15) is 31.7 Å². The van der Waals surface area contributed by atoms with Crippen molar-refractivity contribution in [2.75, 3.05) is 5.32 Å². The van der Waals surface area contributed by atoms with Gasteiger partial charge in [-0.15, -0.1) is 0 Å². The minimum Gasteiger partial charge on any atom is -0.389 e. The van der Waals surface area contributed by atoms with Crippen molar-refractivity contribution in [1.82, 2.24) is 4.98 Å². The number of fused-ring (bicyclic) bond motifs is 1. The molecule has 1 aliphatic rings. The highest BCUT2D eigenvalue weighted by Gasteiger charge is 2.32. The van der Waals surface area contributed by atoms with Crippen LogP contribution < -0.4 is 11.1 Å². The summed E-state index contributed by atoms with van der Waals surface area (Å²) in [7, 11) is 0. The third kappa shape index (κ3) is 2.16. The van der Waals surface area contributed by atoms with Crippen molar-refractivity contribution in [3.8, 4) is 0 Å². The predicted molar refractivity (Wildman–Crippen MR) is 83.5 cm³/mol. The summed E-state index contributed by atoms with van der Waals surface area (Å²) in [5, 5.41) is 4.72. The lowest BCUT2D eigenvalue weighted by Crippen LogP contribution is -2.42. The predicted octanol–water partition coefficient (Wildman–Crippen LogP) is 3.22. The second-order valence-electron chi connectivity index (χ2n) is 5.47. The van der Waals surface area contributed by atoms with E-state index in [-0.39, 0.29) is 5.54 Å². The molecule has 1 fully saturated rings. The topological polar surface area (TPSA) is 50.9 Å². The van der Waals surface area contributed by atoms with Gasteiger partial charge in [-0.2, -0.15) is 0 Å². The van der Waals surface area contributed by atoms with Crippen LogP contribution in [0.5, 0.6) is 0 Å². The van der Waals surface area contributed by atoms with Crippen molar-refractivity contribution in [3.63, 3.8) is 0 Å². The Hall–Kier alpha value is -1.68. The first-order valence-corrected chi connectivity index (χ1v) is 6.96.